The fourth-order valence-corrected chi connectivity index (χ4v) is 1.24. The molecule has 0 aliphatic carbocycles. The summed E-state index contributed by atoms with van der Waals surface area (Å²) in [7, 11) is 0. The molecule has 0 bridgehead atoms. The van der Waals surface area contributed by atoms with Crippen LogP contribution in [0.1, 0.15) is 31.1 Å². The van der Waals surface area contributed by atoms with Gasteiger partial charge in [0.1, 0.15) is 4.60 Å². The van der Waals surface area contributed by atoms with Gasteiger partial charge in [-0.25, -0.2) is 10.5 Å². The Kier molecular flexibility index (Phi) is 3.82. The van der Waals surface area contributed by atoms with Gasteiger partial charge >= 0.3 is 0 Å². The zero-order valence-electron chi connectivity index (χ0n) is 8.87. The number of hydrogen-bond acceptors (Lipinski definition) is 3. The van der Waals surface area contributed by atoms with Crippen molar-refractivity contribution in [2.75, 3.05) is 0 Å². The minimum atomic E-state index is -0.412. The number of amides is 1. The second-order valence-corrected chi connectivity index (χ2v) is 4.74. The second kappa shape index (κ2) is 4.72. The van der Waals surface area contributed by atoms with E-state index in [0.29, 0.717) is 10.2 Å². The molecule has 0 spiro atoms. The molecule has 0 atom stereocenters. The number of carbonyl (C=O) groups is 1. The summed E-state index contributed by atoms with van der Waals surface area (Å²) in [6.07, 6.45) is 1.60. The van der Waals surface area contributed by atoms with Crippen LogP contribution in [-0.2, 0) is 4.84 Å². The van der Waals surface area contributed by atoms with Crippen LogP contribution in [0.15, 0.2) is 22.9 Å². The van der Waals surface area contributed by atoms with Crippen molar-refractivity contribution < 1.29 is 9.63 Å². The smallest absolute Gasteiger partial charge is 0.268 e. The third-order valence-corrected chi connectivity index (χ3v) is 2.09. The Morgan fingerprint density at radius 2 is 2.20 bits per heavy atom. The molecule has 0 saturated carbocycles. The van der Waals surface area contributed by atoms with Gasteiger partial charge in [0.15, 0.2) is 0 Å². The van der Waals surface area contributed by atoms with E-state index in [4.69, 9.17) is 4.84 Å². The molecule has 82 valence electrons. The molecule has 0 saturated heterocycles. The van der Waals surface area contributed by atoms with E-state index in [1.165, 1.54) is 0 Å². The Balaban J connectivity index is 2.66. The third-order valence-electron chi connectivity index (χ3n) is 1.45. The standard InChI is InChI=1S/C10H13BrN2O2/c1-10(2,3)15-13-9(14)7-5-4-6-12-8(7)11/h4-6H,1-3H3,(H,13,14). The van der Waals surface area contributed by atoms with Crippen LogP contribution in [0.3, 0.4) is 0 Å². The number of carbonyl (C=O) groups excluding carboxylic acids is 1. The summed E-state index contributed by atoms with van der Waals surface area (Å²) in [6, 6.07) is 3.36. The van der Waals surface area contributed by atoms with Crippen molar-refractivity contribution in [2.45, 2.75) is 26.4 Å². The lowest BCUT2D eigenvalue weighted by atomic mass is 10.2. The molecule has 0 unspecified atom stereocenters. The van der Waals surface area contributed by atoms with Crippen molar-refractivity contribution in [1.82, 2.24) is 10.5 Å². The Hall–Kier alpha value is -0.940. The average Bonchev–Trinajstić information content (AvgIpc) is 2.14. The summed E-state index contributed by atoms with van der Waals surface area (Å²) in [5.41, 5.74) is 2.40. The fourth-order valence-electron chi connectivity index (χ4n) is 0.810. The summed E-state index contributed by atoms with van der Waals surface area (Å²) in [5.74, 6) is -0.315. The highest BCUT2D eigenvalue weighted by molar-refractivity contribution is 9.10. The molecule has 15 heavy (non-hydrogen) atoms. The molecule has 0 aliphatic heterocycles. The van der Waals surface area contributed by atoms with Crippen molar-refractivity contribution in [2.24, 2.45) is 0 Å². The van der Waals surface area contributed by atoms with Crippen molar-refractivity contribution in [3.05, 3.63) is 28.5 Å². The molecule has 1 aromatic rings. The number of rotatable bonds is 2. The number of hydrogen-bond donors (Lipinski definition) is 1. The molecule has 1 heterocycles. The van der Waals surface area contributed by atoms with Gasteiger partial charge in [-0.2, -0.15) is 0 Å². The quantitative estimate of drug-likeness (QED) is 0.664. The van der Waals surface area contributed by atoms with Crippen molar-refractivity contribution in [3.8, 4) is 0 Å². The normalized spacial score (nSPS) is 11.2. The van der Waals surface area contributed by atoms with Crippen LogP contribution in [0.4, 0.5) is 0 Å². The van der Waals surface area contributed by atoms with Gasteiger partial charge < -0.3 is 0 Å². The molecule has 0 radical (unpaired) electrons. The molecule has 0 aliphatic rings. The van der Waals surface area contributed by atoms with E-state index in [1.54, 1.807) is 18.3 Å². The lowest BCUT2D eigenvalue weighted by molar-refractivity contribution is -0.0590. The minimum absolute atomic E-state index is 0.315. The molecule has 0 fully saturated rings. The lowest BCUT2D eigenvalue weighted by Crippen LogP contribution is -2.33. The van der Waals surface area contributed by atoms with E-state index in [2.05, 4.69) is 26.4 Å². The van der Waals surface area contributed by atoms with E-state index in [-0.39, 0.29) is 5.91 Å². The van der Waals surface area contributed by atoms with Crippen LogP contribution in [0.25, 0.3) is 0 Å². The van der Waals surface area contributed by atoms with Crippen LogP contribution in [0.2, 0.25) is 0 Å². The molecular weight excluding hydrogens is 260 g/mol. The first-order valence-corrected chi connectivity index (χ1v) is 5.28. The van der Waals surface area contributed by atoms with Gasteiger partial charge in [0.2, 0.25) is 0 Å². The van der Waals surface area contributed by atoms with Gasteiger partial charge in [0.05, 0.1) is 11.2 Å². The Bertz CT molecular complexity index is 361. The van der Waals surface area contributed by atoms with Crippen LogP contribution in [0.5, 0.6) is 0 Å². The number of hydroxylamine groups is 1. The van der Waals surface area contributed by atoms with Crippen LogP contribution in [-0.4, -0.2) is 16.5 Å². The zero-order valence-corrected chi connectivity index (χ0v) is 10.5. The van der Waals surface area contributed by atoms with E-state index in [0.717, 1.165) is 0 Å². The Morgan fingerprint density at radius 1 is 1.53 bits per heavy atom. The molecule has 1 amide bonds. The number of aromatic nitrogens is 1. The number of pyridine rings is 1. The first-order chi connectivity index (χ1) is 6.90. The van der Waals surface area contributed by atoms with Gasteiger partial charge in [-0.1, -0.05) is 0 Å². The summed E-state index contributed by atoms with van der Waals surface area (Å²) >= 11 is 3.19. The Morgan fingerprint density at radius 3 is 2.73 bits per heavy atom. The van der Waals surface area contributed by atoms with Gasteiger partial charge in [-0.05, 0) is 48.8 Å². The number of nitrogens with zero attached hydrogens (tertiary/aromatic N) is 1. The molecule has 5 heteroatoms. The van der Waals surface area contributed by atoms with Crippen LogP contribution >= 0.6 is 15.9 Å². The Labute approximate surface area is 97.1 Å². The fraction of sp³-hybridized carbons (Fsp3) is 0.400. The highest BCUT2D eigenvalue weighted by Gasteiger charge is 2.15. The molecule has 1 N–H and O–H groups in total. The molecule has 1 aromatic heterocycles. The van der Waals surface area contributed by atoms with Gasteiger partial charge in [0.25, 0.3) is 5.91 Å². The number of halogens is 1. The highest BCUT2D eigenvalue weighted by atomic mass is 79.9. The summed E-state index contributed by atoms with van der Waals surface area (Å²) in [6.45, 7) is 5.56. The highest BCUT2D eigenvalue weighted by Crippen LogP contribution is 2.13. The topological polar surface area (TPSA) is 51.2 Å². The first-order valence-electron chi connectivity index (χ1n) is 4.49. The molecule has 1 rings (SSSR count). The zero-order chi connectivity index (χ0) is 11.5. The lowest BCUT2D eigenvalue weighted by Gasteiger charge is -2.18. The largest absolute Gasteiger partial charge is 0.277 e. The minimum Gasteiger partial charge on any atom is -0.268 e. The van der Waals surface area contributed by atoms with Gasteiger partial charge in [-0.3, -0.25) is 9.63 Å². The predicted molar refractivity (Wildman–Crippen MR) is 60.2 cm³/mol. The van der Waals surface area contributed by atoms with Crippen molar-refractivity contribution in [3.63, 3.8) is 0 Å². The summed E-state index contributed by atoms with van der Waals surface area (Å²) < 4.78 is 0.500. The van der Waals surface area contributed by atoms with Crippen LogP contribution < -0.4 is 5.48 Å². The molecule has 4 nitrogen and oxygen atoms in total. The monoisotopic (exact) mass is 272 g/mol. The van der Waals surface area contributed by atoms with Gasteiger partial charge in [-0.15, -0.1) is 0 Å². The molecular formula is C10H13BrN2O2. The number of nitrogens with one attached hydrogen (secondary N) is 1. The molecule has 0 aromatic carbocycles. The maximum Gasteiger partial charge on any atom is 0.277 e. The van der Waals surface area contributed by atoms with E-state index >= 15 is 0 Å². The maximum absolute atomic E-state index is 11.6. The van der Waals surface area contributed by atoms with E-state index in [9.17, 15) is 4.79 Å². The second-order valence-electron chi connectivity index (χ2n) is 3.99. The first kappa shape index (κ1) is 12.1. The third kappa shape index (κ3) is 3.97. The average molecular weight is 273 g/mol. The van der Waals surface area contributed by atoms with Crippen molar-refractivity contribution >= 4 is 21.8 Å². The van der Waals surface area contributed by atoms with E-state index < -0.39 is 5.60 Å². The van der Waals surface area contributed by atoms with E-state index in [1.807, 2.05) is 20.8 Å². The SMILES string of the molecule is CC(C)(C)ONC(=O)c1cccnc1Br. The van der Waals surface area contributed by atoms with Gasteiger partial charge in [0, 0.05) is 6.20 Å². The maximum atomic E-state index is 11.6. The predicted octanol–water partition coefficient (Wildman–Crippen LogP) is 2.30. The van der Waals surface area contributed by atoms with Crippen LogP contribution in [0, 0.1) is 0 Å². The van der Waals surface area contributed by atoms with Crippen molar-refractivity contribution in [1.29, 1.82) is 0 Å². The summed E-state index contributed by atoms with van der Waals surface area (Å²) in [4.78, 5) is 20.7. The summed E-state index contributed by atoms with van der Waals surface area (Å²) in [5, 5.41) is 0.